The van der Waals surface area contributed by atoms with Crippen LogP contribution in [0.15, 0.2) is 12.2 Å². The molecule has 0 heterocycles. The van der Waals surface area contributed by atoms with E-state index in [-0.39, 0.29) is 11.9 Å². The molecule has 0 saturated heterocycles. The van der Waals surface area contributed by atoms with Crippen LogP contribution in [0.3, 0.4) is 0 Å². The highest BCUT2D eigenvalue weighted by atomic mass is 16.5. The monoisotopic (exact) mass is 450 g/mol. The first-order chi connectivity index (χ1) is 15.6. The average Bonchev–Trinajstić information content (AvgIpc) is 2.79. The molecule has 0 aromatic rings. The standard InChI is InChI=1S/C28H50O4/c1-4-5-6-7-8-9-10-12-17-22-31-27(29)25-20-15-16-21-26(25)28(30)32-23-18-13-11-14-19-24(2)3/h16,21,24-26H,4-15,17-20,22-23H2,1-3H3. The lowest BCUT2D eigenvalue weighted by Gasteiger charge is -2.24. The SMILES string of the molecule is CCCCCCCCCCCOC(=O)C1CCC=CC1C(=O)OCCCCCCC(C)C. The van der Waals surface area contributed by atoms with Crippen LogP contribution in [0.25, 0.3) is 0 Å². The van der Waals surface area contributed by atoms with Crippen molar-refractivity contribution in [3.8, 4) is 0 Å². The van der Waals surface area contributed by atoms with Crippen LogP contribution in [0, 0.1) is 17.8 Å². The van der Waals surface area contributed by atoms with Crippen LogP contribution in [0.5, 0.6) is 0 Å². The topological polar surface area (TPSA) is 52.6 Å². The van der Waals surface area contributed by atoms with Crippen LogP contribution < -0.4 is 0 Å². The highest BCUT2D eigenvalue weighted by Crippen LogP contribution is 2.27. The first-order valence-electron chi connectivity index (χ1n) is 13.6. The predicted molar refractivity (Wildman–Crippen MR) is 132 cm³/mol. The molecule has 0 saturated carbocycles. The Kier molecular flexibility index (Phi) is 17.2. The number of allylic oxidation sites excluding steroid dienone is 1. The molecule has 0 spiro atoms. The van der Waals surface area contributed by atoms with E-state index < -0.39 is 11.8 Å². The molecule has 0 bridgehead atoms. The maximum atomic E-state index is 12.6. The molecule has 0 radical (unpaired) electrons. The molecule has 0 aliphatic heterocycles. The largest absolute Gasteiger partial charge is 0.465 e. The van der Waals surface area contributed by atoms with E-state index in [1.165, 1.54) is 64.2 Å². The molecule has 2 atom stereocenters. The number of ether oxygens (including phenoxy) is 2. The first-order valence-corrected chi connectivity index (χ1v) is 13.6. The molecule has 186 valence electrons. The lowest BCUT2D eigenvalue weighted by Crippen LogP contribution is -2.33. The maximum Gasteiger partial charge on any atom is 0.313 e. The number of carbonyl (C=O) groups is 2. The molecular weight excluding hydrogens is 400 g/mol. The van der Waals surface area contributed by atoms with Gasteiger partial charge in [0.15, 0.2) is 0 Å². The highest BCUT2D eigenvalue weighted by molar-refractivity contribution is 5.83. The summed E-state index contributed by atoms with van der Waals surface area (Å²) in [4.78, 5) is 25.1. The molecule has 32 heavy (non-hydrogen) atoms. The van der Waals surface area contributed by atoms with Gasteiger partial charge in [-0.15, -0.1) is 0 Å². The molecule has 0 fully saturated rings. The van der Waals surface area contributed by atoms with Gasteiger partial charge in [0.2, 0.25) is 0 Å². The van der Waals surface area contributed by atoms with Gasteiger partial charge in [0.25, 0.3) is 0 Å². The van der Waals surface area contributed by atoms with E-state index in [1.807, 2.05) is 12.2 Å². The number of unbranched alkanes of at least 4 members (excludes halogenated alkanes) is 11. The Hall–Kier alpha value is -1.32. The lowest BCUT2D eigenvalue weighted by atomic mass is 9.84. The van der Waals surface area contributed by atoms with Gasteiger partial charge in [-0.25, -0.2) is 0 Å². The third-order valence-electron chi connectivity index (χ3n) is 6.41. The summed E-state index contributed by atoms with van der Waals surface area (Å²) in [5.74, 6) is -0.627. The Morgan fingerprint density at radius 2 is 1.31 bits per heavy atom. The second-order valence-corrected chi connectivity index (χ2v) is 9.90. The predicted octanol–water partition coefficient (Wildman–Crippen LogP) is 7.79. The Labute approximate surface area is 197 Å². The van der Waals surface area contributed by atoms with Crippen LogP contribution >= 0.6 is 0 Å². The molecule has 4 heteroatoms. The van der Waals surface area contributed by atoms with E-state index in [2.05, 4.69) is 20.8 Å². The van der Waals surface area contributed by atoms with Gasteiger partial charge < -0.3 is 9.47 Å². The quantitative estimate of drug-likeness (QED) is 0.114. The summed E-state index contributed by atoms with van der Waals surface area (Å²) in [5, 5.41) is 0. The van der Waals surface area contributed by atoms with Gasteiger partial charge in [-0.1, -0.05) is 110 Å². The third-order valence-corrected chi connectivity index (χ3v) is 6.41. The van der Waals surface area contributed by atoms with Crippen LogP contribution in [-0.2, 0) is 19.1 Å². The van der Waals surface area contributed by atoms with E-state index in [0.29, 0.717) is 19.6 Å². The van der Waals surface area contributed by atoms with Crippen molar-refractivity contribution in [2.45, 2.75) is 124 Å². The molecule has 1 aliphatic carbocycles. The van der Waals surface area contributed by atoms with Crippen molar-refractivity contribution < 1.29 is 19.1 Å². The van der Waals surface area contributed by atoms with Crippen molar-refractivity contribution in [3.63, 3.8) is 0 Å². The Balaban J connectivity index is 2.17. The second-order valence-electron chi connectivity index (χ2n) is 9.90. The van der Waals surface area contributed by atoms with Crippen molar-refractivity contribution in [2.75, 3.05) is 13.2 Å². The molecule has 0 aromatic carbocycles. The van der Waals surface area contributed by atoms with Crippen LogP contribution in [0.1, 0.15) is 124 Å². The zero-order valence-corrected chi connectivity index (χ0v) is 21.2. The molecule has 0 aromatic heterocycles. The van der Waals surface area contributed by atoms with E-state index in [1.54, 1.807) is 0 Å². The zero-order chi connectivity index (χ0) is 23.4. The third kappa shape index (κ3) is 14.0. The fraction of sp³-hybridized carbons (Fsp3) is 0.857. The van der Waals surface area contributed by atoms with Crippen LogP contribution in [-0.4, -0.2) is 25.2 Å². The second kappa shape index (κ2) is 19.2. The van der Waals surface area contributed by atoms with Gasteiger partial charge in [0, 0.05) is 0 Å². The molecule has 2 unspecified atom stereocenters. The van der Waals surface area contributed by atoms with Crippen molar-refractivity contribution >= 4 is 11.9 Å². The van der Waals surface area contributed by atoms with Gasteiger partial charge >= 0.3 is 11.9 Å². The van der Waals surface area contributed by atoms with Crippen molar-refractivity contribution in [1.82, 2.24) is 0 Å². The van der Waals surface area contributed by atoms with E-state index in [0.717, 1.165) is 38.0 Å². The van der Waals surface area contributed by atoms with Gasteiger partial charge in [0.1, 0.15) is 0 Å². The number of hydrogen-bond donors (Lipinski definition) is 0. The van der Waals surface area contributed by atoms with Gasteiger partial charge in [0.05, 0.1) is 25.0 Å². The summed E-state index contributed by atoms with van der Waals surface area (Å²) >= 11 is 0. The van der Waals surface area contributed by atoms with Gasteiger partial charge in [-0.3, -0.25) is 9.59 Å². The molecular formula is C28H50O4. The molecule has 4 nitrogen and oxygen atoms in total. The van der Waals surface area contributed by atoms with Gasteiger partial charge in [-0.05, 0) is 31.6 Å². The zero-order valence-electron chi connectivity index (χ0n) is 21.2. The summed E-state index contributed by atoms with van der Waals surface area (Å²) in [6.45, 7) is 7.65. The van der Waals surface area contributed by atoms with E-state index in [9.17, 15) is 9.59 Å². The lowest BCUT2D eigenvalue weighted by molar-refractivity contribution is -0.159. The maximum absolute atomic E-state index is 12.6. The van der Waals surface area contributed by atoms with E-state index >= 15 is 0 Å². The van der Waals surface area contributed by atoms with E-state index in [4.69, 9.17) is 9.47 Å². The molecule has 1 aliphatic rings. The van der Waals surface area contributed by atoms with Crippen molar-refractivity contribution in [1.29, 1.82) is 0 Å². The highest BCUT2D eigenvalue weighted by Gasteiger charge is 2.35. The summed E-state index contributed by atoms with van der Waals surface area (Å²) in [6, 6.07) is 0. The number of hydrogen-bond acceptors (Lipinski definition) is 4. The summed E-state index contributed by atoms with van der Waals surface area (Å²) < 4.78 is 11.0. The summed E-state index contributed by atoms with van der Waals surface area (Å²) in [5.41, 5.74) is 0. The van der Waals surface area contributed by atoms with Crippen molar-refractivity contribution in [3.05, 3.63) is 12.2 Å². The molecule has 0 amide bonds. The smallest absolute Gasteiger partial charge is 0.313 e. The first kappa shape index (κ1) is 28.7. The fourth-order valence-electron chi connectivity index (χ4n) is 4.31. The minimum atomic E-state index is -0.486. The summed E-state index contributed by atoms with van der Waals surface area (Å²) in [6.07, 6.45) is 22.1. The fourth-order valence-corrected chi connectivity index (χ4v) is 4.31. The number of esters is 2. The van der Waals surface area contributed by atoms with Crippen molar-refractivity contribution in [2.24, 2.45) is 17.8 Å². The Bertz CT molecular complexity index is 512. The number of carbonyl (C=O) groups excluding carboxylic acids is 2. The average molecular weight is 451 g/mol. The molecule has 0 N–H and O–H groups in total. The van der Waals surface area contributed by atoms with Crippen LogP contribution in [0.2, 0.25) is 0 Å². The van der Waals surface area contributed by atoms with Gasteiger partial charge in [-0.2, -0.15) is 0 Å². The summed E-state index contributed by atoms with van der Waals surface area (Å²) in [7, 11) is 0. The Morgan fingerprint density at radius 1 is 0.781 bits per heavy atom. The normalized spacial score (nSPS) is 18.1. The minimum Gasteiger partial charge on any atom is -0.465 e. The minimum absolute atomic E-state index is 0.232. The Morgan fingerprint density at radius 3 is 1.91 bits per heavy atom. The molecule has 1 rings (SSSR count). The van der Waals surface area contributed by atoms with Crippen LogP contribution in [0.4, 0.5) is 0 Å². The number of rotatable bonds is 19.